The maximum atomic E-state index is 12.3. The largest absolute Gasteiger partial charge is 0.493 e. The lowest BCUT2D eigenvalue weighted by Gasteiger charge is -2.21. The number of aryl methyl sites for hydroxylation is 1. The van der Waals surface area contributed by atoms with Gasteiger partial charge in [-0.2, -0.15) is 0 Å². The van der Waals surface area contributed by atoms with E-state index >= 15 is 0 Å². The molecule has 1 aromatic heterocycles. The van der Waals surface area contributed by atoms with Crippen LogP contribution < -0.4 is 15.2 Å². The molecule has 2 atom stereocenters. The first-order chi connectivity index (χ1) is 14.2. The second-order valence-corrected chi connectivity index (χ2v) is 9.67. The molecular weight excluding hydrogens is 400 g/mol. The minimum absolute atomic E-state index is 0.190. The predicted octanol–water partition coefficient (Wildman–Crippen LogP) is 4.14. The van der Waals surface area contributed by atoms with Crippen LogP contribution in [-0.2, 0) is 16.1 Å². The highest BCUT2D eigenvalue weighted by Crippen LogP contribution is 2.34. The number of nitrogens with zero attached hydrogens (tertiary/aromatic N) is 2. The Balaban J connectivity index is 1.88. The molecule has 2 aromatic carbocycles. The second-order valence-electron chi connectivity index (χ2n) is 7.51. The Morgan fingerprint density at radius 3 is 2.80 bits per heavy atom. The van der Waals surface area contributed by atoms with Crippen molar-refractivity contribution in [2.24, 2.45) is 0 Å². The van der Waals surface area contributed by atoms with Gasteiger partial charge in [-0.3, -0.25) is 0 Å². The third-order valence-electron chi connectivity index (χ3n) is 5.09. The van der Waals surface area contributed by atoms with Crippen molar-refractivity contribution in [1.29, 1.82) is 4.78 Å². The monoisotopic (exact) mass is 424 g/mol. The molecule has 1 aliphatic heterocycles. The van der Waals surface area contributed by atoms with Crippen LogP contribution in [0.2, 0.25) is 0 Å². The summed E-state index contributed by atoms with van der Waals surface area (Å²) in [5.74, 6) is 1.17. The van der Waals surface area contributed by atoms with Crippen LogP contribution in [0.3, 0.4) is 0 Å². The zero-order chi connectivity index (χ0) is 21.5. The standard InChI is InChI=1S/C22H24N4O3S/c1-13-4-7-20-17(10-13)14(2)29-22-21(23)25-12-19(26-22)18-11-16(30(3,24)27)6-5-15(18)8-9-28-20/h4-7,10-12,14,24H,8-9H2,1-3H3,(H2,23,25)/t14-,30?/m1/s1. The van der Waals surface area contributed by atoms with Gasteiger partial charge in [-0.05, 0) is 43.7 Å². The Labute approximate surface area is 176 Å². The Bertz CT molecular complexity index is 1230. The predicted molar refractivity (Wildman–Crippen MR) is 116 cm³/mol. The first-order valence-electron chi connectivity index (χ1n) is 9.62. The van der Waals surface area contributed by atoms with Crippen molar-refractivity contribution in [1.82, 2.24) is 9.97 Å². The van der Waals surface area contributed by atoms with Gasteiger partial charge in [0.2, 0.25) is 0 Å². The number of hydrogen-bond acceptors (Lipinski definition) is 7. The van der Waals surface area contributed by atoms with Crippen LogP contribution in [0.15, 0.2) is 47.5 Å². The number of anilines is 1. The number of hydrogen-bond donors (Lipinski definition) is 2. The number of nitrogen functional groups attached to an aromatic ring is 1. The number of rotatable bonds is 1. The molecule has 0 saturated carbocycles. The van der Waals surface area contributed by atoms with Gasteiger partial charge < -0.3 is 15.2 Å². The van der Waals surface area contributed by atoms with E-state index in [0.29, 0.717) is 23.6 Å². The smallest absolute Gasteiger partial charge is 0.258 e. The molecule has 0 spiro atoms. The molecule has 3 N–H and O–H groups in total. The topological polar surface area (TPSA) is 111 Å². The lowest BCUT2D eigenvalue weighted by Crippen LogP contribution is -2.13. The molecule has 0 fully saturated rings. The SMILES string of the molecule is Cc1ccc2c(c1)[C@@H](C)Oc1nc(cnc1N)-c1cc(S(C)(=N)=O)ccc1CCO2. The zero-order valence-electron chi connectivity index (χ0n) is 17.1. The summed E-state index contributed by atoms with van der Waals surface area (Å²) in [6, 6.07) is 11.3. The average molecular weight is 425 g/mol. The van der Waals surface area contributed by atoms with Crippen molar-refractivity contribution in [3.8, 4) is 22.9 Å². The first kappa shape index (κ1) is 20.2. The summed E-state index contributed by atoms with van der Waals surface area (Å²) in [4.78, 5) is 9.31. The molecule has 0 saturated heterocycles. The van der Waals surface area contributed by atoms with Gasteiger partial charge >= 0.3 is 0 Å². The van der Waals surface area contributed by atoms with Crippen molar-refractivity contribution in [2.45, 2.75) is 31.3 Å². The van der Waals surface area contributed by atoms with E-state index in [4.69, 9.17) is 20.0 Å². The minimum Gasteiger partial charge on any atom is -0.493 e. The van der Waals surface area contributed by atoms with E-state index in [-0.39, 0.29) is 17.8 Å². The summed E-state index contributed by atoms with van der Waals surface area (Å²) in [7, 11) is -2.88. The summed E-state index contributed by atoms with van der Waals surface area (Å²) in [5, 5.41) is 0. The summed E-state index contributed by atoms with van der Waals surface area (Å²) in [5.41, 5.74) is 10.3. The Kier molecular flexibility index (Phi) is 5.11. The fourth-order valence-electron chi connectivity index (χ4n) is 3.47. The molecule has 3 aromatic rings. The molecule has 4 rings (SSSR count). The molecule has 2 bridgehead atoms. The molecule has 30 heavy (non-hydrogen) atoms. The summed E-state index contributed by atoms with van der Waals surface area (Å²) < 4.78 is 32.4. The average Bonchev–Trinajstić information content (AvgIpc) is 2.69. The fourth-order valence-corrected chi connectivity index (χ4v) is 4.14. The normalized spacial score (nSPS) is 17.8. The van der Waals surface area contributed by atoms with E-state index in [1.807, 2.05) is 38.1 Å². The molecule has 8 heteroatoms. The molecular formula is C22H24N4O3S. The molecule has 7 nitrogen and oxygen atoms in total. The maximum Gasteiger partial charge on any atom is 0.258 e. The van der Waals surface area contributed by atoms with Crippen LogP contribution in [0.5, 0.6) is 11.6 Å². The van der Waals surface area contributed by atoms with Crippen molar-refractivity contribution in [3.63, 3.8) is 0 Å². The van der Waals surface area contributed by atoms with Crippen molar-refractivity contribution in [2.75, 3.05) is 18.6 Å². The highest BCUT2D eigenvalue weighted by molar-refractivity contribution is 7.91. The van der Waals surface area contributed by atoms with E-state index in [1.54, 1.807) is 18.3 Å². The summed E-state index contributed by atoms with van der Waals surface area (Å²) in [6.07, 6.45) is 3.24. The van der Waals surface area contributed by atoms with E-state index in [0.717, 1.165) is 28.0 Å². The number of ether oxygens (including phenoxy) is 2. The lowest BCUT2D eigenvalue weighted by molar-refractivity contribution is 0.209. The molecule has 0 radical (unpaired) electrons. The number of nitrogens with two attached hydrogens (primary N) is 1. The zero-order valence-corrected chi connectivity index (χ0v) is 18.0. The minimum atomic E-state index is -2.88. The lowest BCUT2D eigenvalue weighted by atomic mass is 10.0. The van der Waals surface area contributed by atoms with Crippen LogP contribution in [0.1, 0.15) is 29.7 Å². The van der Waals surface area contributed by atoms with Crippen molar-refractivity contribution in [3.05, 3.63) is 59.3 Å². The van der Waals surface area contributed by atoms with Gasteiger partial charge in [0.05, 0.1) is 28.2 Å². The Morgan fingerprint density at radius 1 is 1.23 bits per heavy atom. The quantitative estimate of drug-likeness (QED) is 0.607. The van der Waals surface area contributed by atoms with Gasteiger partial charge in [-0.1, -0.05) is 17.7 Å². The van der Waals surface area contributed by atoms with Gasteiger partial charge in [0.1, 0.15) is 11.9 Å². The number of aromatic nitrogens is 2. The third-order valence-corrected chi connectivity index (χ3v) is 6.25. The number of benzene rings is 2. The molecule has 2 heterocycles. The van der Waals surface area contributed by atoms with Gasteiger partial charge in [0.15, 0.2) is 5.82 Å². The molecule has 0 amide bonds. The van der Waals surface area contributed by atoms with Gasteiger partial charge in [0.25, 0.3) is 5.88 Å². The van der Waals surface area contributed by atoms with Crippen LogP contribution in [0, 0.1) is 11.7 Å². The molecule has 1 aliphatic rings. The van der Waals surface area contributed by atoms with Crippen LogP contribution >= 0.6 is 0 Å². The fraction of sp³-hybridized carbons (Fsp3) is 0.273. The van der Waals surface area contributed by atoms with Crippen LogP contribution in [0.4, 0.5) is 5.82 Å². The summed E-state index contributed by atoms with van der Waals surface area (Å²) in [6.45, 7) is 4.39. The van der Waals surface area contributed by atoms with Gasteiger partial charge in [-0.15, -0.1) is 0 Å². The molecule has 1 unspecified atom stereocenters. The maximum absolute atomic E-state index is 12.3. The number of nitrogens with one attached hydrogen (secondary N) is 1. The van der Waals surface area contributed by atoms with Gasteiger partial charge in [-0.25, -0.2) is 19.0 Å². The first-order valence-corrected chi connectivity index (χ1v) is 11.6. The highest BCUT2D eigenvalue weighted by atomic mass is 32.2. The molecule has 0 aliphatic carbocycles. The third kappa shape index (κ3) is 3.95. The highest BCUT2D eigenvalue weighted by Gasteiger charge is 2.20. The number of fused-ring (bicyclic) bond motifs is 5. The van der Waals surface area contributed by atoms with E-state index in [9.17, 15) is 4.21 Å². The van der Waals surface area contributed by atoms with Crippen LogP contribution in [-0.4, -0.2) is 27.0 Å². The molecule has 156 valence electrons. The Morgan fingerprint density at radius 2 is 2.03 bits per heavy atom. The second kappa shape index (κ2) is 7.60. The van der Waals surface area contributed by atoms with E-state index < -0.39 is 9.73 Å². The van der Waals surface area contributed by atoms with Gasteiger partial charge in [0, 0.05) is 28.7 Å². The summed E-state index contributed by atoms with van der Waals surface area (Å²) >= 11 is 0. The van der Waals surface area contributed by atoms with E-state index in [2.05, 4.69) is 9.97 Å². The van der Waals surface area contributed by atoms with Crippen molar-refractivity contribution >= 4 is 15.5 Å². The Hall–Kier alpha value is -3.13. The van der Waals surface area contributed by atoms with Crippen molar-refractivity contribution < 1.29 is 13.7 Å². The van der Waals surface area contributed by atoms with Crippen LogP contribution in [0.25, 0.3) is 11.3 Å². The van der Waals surface area contributed by atoms with E-state index in [1.165, 1.54) is 6.26 Å².